The van der Waals surface area contributed by atoms with Crippen molar-refractivity contribution in [1.82, 2.24) is 0 Å². The third kappa shape index (κ3) is 3.80. The van der Waals surface area contributed by atoms with Crippen molar-refractivity contribution in [2.75, 3.05) is 6.26 Å². The maximum absolute atomic E-state index is 11.5. The van der Waals surface area contributed by atoms with E-state index in [0.717, 1.165) is 18.4 Å². The summed E-state index contributed by atoms with van der Waals surface area (Å²) >= 11 is 6.14. The lowest BCUT2D eigenvalue weighted by Crippen LogP contribution is -2.08. The van der Waals surface area contributed by atoms with Crippen LogP contribution >= 0.6 is 11.6 Å². The van der Waals surface area contributed by atoms with Gasteiger partial charge in [0.05, 0.1) is 4.90 Å². The number of benzene rings is 1. The summed E-state index contributed by atoms with van der Waals surface area (Å²) in [6, 6.07) is 7.06. The van der Waals surface area contributed by atoms with Gasteiger partial charge in [-0.15, -0.1) is 11.6 Å². The number of hydrogen-bond donors (Lipinski definition) is 0. The van der Waals surface area contributed by atoms with Crippen LogP contribution in [0, 0.1) is 0 Å². The molecule has 1 aromatic rings. The molecule has 0 aromatic heterocycles. The van der Waals surface area contributed by atoms with Crippen LogP contribution in [0.25, 0.3) is 0 Å². The molecule has 0 spiro atoms. The van der Waals surface area contributed by atoms with Gasteiger partial charge < -0.3 is 0 Å². The van der Waals surface area contributed by atoms with Crippen LogP contribution in [-0.2, 0) is 16.3 Å². The fourth-order valence-corrected chi connectivity index (χ4v) is 3.03. The molecular weight excluding hydrogens is 244 g/mol. The SMILES string of the molecule is CCCC(Cl)Cc1ccccc1S(C)(=O)=O. The van der Waals surface area contributed by atoms with Crippen LogP contribution in [-0.4, -0.2) is 20.1 Å². The van der Waals surface area contributed by atoms with E-state index < -0.39 is 9.84 Å². The molecule has 0 heterocycles. The van der Waals surface area contributed by atoms with E-state index >= 15 is 0 Å². The van der Waals surface area contributed by atoms with Gasteiger partial charge >= 0.3 is 0 Å². The Hall–Kier alpha value is -0.540. The number of rotatable bonds is 5. The van der Waals surface area contributed by atoms with E-state index in [1.807, 2.05) is 12.1 Å². The molecule has 0 amide bonds. The summed E-state index contributed by atoms with van der Waals surface area (Å²) in [7, 11) is -3.15. The third-order valence-corrected chi connectivity index (χ3v) is 3.99. The Morgan fingerprint density at radius 3 is 2.50 bits per heavy atom. The van der Waals surface area contributed by atoms with Crippen LogP contribution in [0.15, 0.2) is 29.2 Å². The van der Waals surface area contributed by atoms with Gasteiger partial charge in [0.2, 0.25) is 0 Å². The zero-order valence-electron chi connectivity index (χ0n) is 9.61. The summed E-state index contributed by atoms with van der Waals surface area (Å²) in [6.07, 6.45) is 3.75. The molecule has 0 fully saturated rings. The highest BCUT2D eigenvalue weighted by molar-refractivity contribution is 7.90. The van der Waals surface area contributed by atoms with E-state index in [0.29, 0.717) is 11.3 Å². The normalized spacial score (nSPS) is 13.7. The molecule has 4 heteroatoms. The monoisotopic (exact) mass is 260 g/mol. The molecule has 0 bridgehead atoms. The number of alkyl halides is 1. The Bertz CT molecular complexity index is 440. The minimum atomic E-state index is -3.15. The second kappa shape index (κ2) is 5.69. The first kappa shape index (κ1) is 13.5. The van der Waals surface area contributed by atoms with Crippen LogP contribution in [0.5, 0.6) is 0 Å². The standard InChI is InChI=1S/C12H17ClO2S/c1-3-6-11(13)9-10-7-4-5-8-12(10)16(2,14)15/h4-5,7-8,11H,3,6,9H2,1-2H3. The Balaban J connectivity index is 2.96. The van der Waals surface area contributed by atoms with Crippen LogP contribution in [0.1, 0.15) is 25.3 Å². The lowest BCUT2D eigenvalue weighted by Gasteiger charge is -2.11. The van der Waals surface area contributed by atoms with Gasteiger partial charge in [0, 0.05) is 11.6 Å². The molecule has 0 saturated heterocycles. The van der Waals surface area contributed by atoms with Gasteiger partial charge in [-0.3, -0.25) is 0 Å². The first-order valence-electron chi connectivity index (χ1n) is 5.37. The minimum Gasteiger partial charge on any atom is -0.224 e. The molecule has 16 heavy (non-hydrogen) atoms. The number of hydrogen-bond acceptors (Lipinski definition) is 2. The van der Waals surface area contributed by atoms with Crippen molar-refractivity contribution in [3.05, 3.63) is 29.8 Å². The molecule has 0 saturated carbocycles. The Labute approximate surface area is 103 Å². The van der Waals surface area contributed by atoms with Gasteiger partial charge in [-0.1, -0.05) is 31.5 Å². The molecule has 2 nitrogen and oxygen atoms in total. The van der Waals surface area contributed by atoms with Crippen LogP contribution in [0.2, 0.25) is 0 Å². The van der Waals surface area contributed by atoms with Gasteiger partial charge in [0.15, 0.2) is 9.84 Å². The average molecular weight is 261 g/mol. The predicted molar refractivity (Wildman–Crippen MR) is 67.8 cm³/mol. The fraction of sp³-hybridized carbons (Fsp3) is 0.500. The summed E-state index contributed by atoms with van der Waals surface area (Å²) < 4.78 is 23.1. The smallest absolute Gasteiger partial charge is 0.175 e. The summed E-state index contributed by atoms with van der Waals surface area (Å²) in [5.41, 5.74) is 0.818. The molecule has 1 rings (SSSR count). The molecule has 0 aliphatic rings. The number of sulfone groups is 1. The van der Waals surface area contributed by atoms with Gasteiger partial charge in [0.25, 0.3) is 0 Å². The molecule has 1 atom stereocenters. The summed E-state index contributed by atoms with van der Waals surface area (Å²) in [5.74, 6) is 0. The molecule has 0 aliphatic heterocycles. The predicted octanol–water partition coefficient (Wildman–Crippen LogP) is 3.04. The van der Waals surface area contributed by atoms with E-state index in [1.165, 1.54) is 6.26 Å². The second-order valence-electron chi connectivity index (χ2n) is 3.97. The molecule has 0 aliphatic carbocycles. The van der Waals surface area contributed by atoms with Gasteiger partial charge in [-0.05, 0) is 24.5 Å². The highest BCUT2D eigenvalue weighted by atomic mass is 35.5. The van der Waals surface area contributed by atoms with E-state index in [2.05, 4.69) is 6.92 Å². The molecule has 0 radical (unpaired) electrons. The van der Waals surface area contributed by atoms with Crippen LogP contribution in [0.3, 0.4) is 0 Å². The molecule has 1 unspecified atom stereocenters. The maximum Gasteiger partial charge on any atom is 0.175 e. The van der Waals surface area contributed by atoms with E-state index in [9.17, 15) is 8.42 Å². The van der Waals surface area contributed by atoms with Gasteiger partial charge in [-0.2, -0.15) is 0 Å². The van der Waals surface area contributed by atoms with E-state index in [-0.39, 0.29) is 5.38 Å². The molecule has 1 aromatic carbocycles. The zero-order valence-corrected chi connectivity index (χ0v) is 11.2. The van der Waals surface area contributed by atoms with Gasteiger partial charge in [-0.25, -0.2) is 8.42 Å². The highest BCUT2D eigenvalue weighted by Gasteiger charge is 2.14. The van der Waals surface area contributed by atoms with Crippen molar-refractivity contribution in [2.45, 2.75) is 36.5 Å². The van der Waals surface area contributed by atoms with E-state index in [4.69, 9.17) is 11.6 Å². The summed E-state index contributed by atoms with van der Waals surface area (Å²) in [6.45, 7) is 2.07. The third-order valence-electron chi connectivity index (χ3n) is 2.42. The van der Waals surface area contributed by atoms with E-state index in [1.54, 1.807) is 12.1 Å². The molecule has 90 valence electrons. The fourth-order valence-electron chi connectivity index (χ4n) is 1.69. The minimum absolute atomic E-state index is 0.00731. The first-order chi connectivity index (χ1) is 7.45. The van der Waals surface area contributed by atoms with Crippen molar-refractivity contribution >= 4 is 21.4 Å². The van der Waals surface area contributed by atoms with Crippen LogP contribution in [0.4, 0.5) is 0 Å². The lowest BCUT2D eigenvalue weighted by atomic mass is 10.1. The van der Waals surface area contributed by atoms with Crippen molar-refractivity contribution in [1.29, 1.82) is 0 Å². The van der Waals surface area contributed by atoms with Crippen molar-refractivity contribution in [3.8, 4) is 0 Å². The average Bonchev–Trinajstić information content (AvgIpc) is 2.17. The Morgan fingerprint density at radius 1 is 1.31 bits per heavy atom. The first-order valence-corrected chi connectivity index (χ1v) is 7.70. The van der Waals surface area contributed by atoms with Crippen molar-refractivity contribution < 1.29 is 8.42 Å². The molecule has 0 N–H and O–H groups in total. The summed E-state index contributed by atoms with van der Waals surface area (Å²) in [4.78, 5) is 0.400. The lowest BCUT2D eigenvalue weighted by molar-refractivity contribution is 0.600. The quantitative estimate of drug-likeness (QED) is 0.763. The van der Waals surface area contributed by atoms with Crippen molar-refractivity contribution in [3.63, 3.8) is 0 Å². The van der Waals surface area contributed by atoms with Crippen LogP contribution < -0.4 is 0 Å². The topological polar surface area (TPSA) is 34.1 Å². The Morgan fingerprint density at radius 2 is 1.94 bits per heavy atom. The highest BCUT2D eigenvalue weighted by Crippen LogP contribution is 2.20. The second-order valence-corrected chi connectivity index (χ2v) is 6.57. The Kier molecular flexibility index (Phi) is 4.81. The summed E-state index contributed by atoms with van der Waals surface area (Å²) in [5, 5.41) is 0.00731. The van der Waals surface area contributed by atoms with Crippen molar-refractivity contribution in [2.24, 2.45) is 0 Å². The molecular formula is C12H17ClO2S. The van der Waals surface area contributed by atoms with Gasteiger partial charge in [0.1, 0.15) is 0 Å². The largest absolute Gasteiger partial charge is 0.224 e. The maximum atomic E-state index is 11.5. The zero-order chi connectivity index (χ0) is 12.2. The number of halogens is 1.